The lowest BCUT2D eigenvalue weighted by Crippen LogP contribution is -2.26. The van der Waals surface area contributed by atoms with Gasteiger partial charge in [0, 0.05) is 12.1 Å². The molecule has 0 radical (unpaired) electrons. The predicted molar refractivity (Wildman–Crippen MR) is 102 cm³/mol. The molecular formula is C22H21FN2O. The quantitative estimate of drug-likeness (QED) is 0.739. The summed E-state index contributed by atoms with van der Waals surface area (Å²) in [6.45, 7) is 4.37. The van der Waals surface area contributed by atoms with E-state index in [9.17, 15) is 9.18 Å². The van der Waals surface area contributed by atoms with Crippen LogP contribution in [0.1, 0.15) is 27.2 Å². The molecule has 1 aromatic heterocycles. The smallest absolute Gasteiger partial charge is 0.253 e. The molecule has 0 spiro atoms. The first-order valence-corrected chi connectivity index (χ1v) is 8.60. The second kappa shape index (κ2) is 7.91. The van der Waals surface area contributed by atoms with E-state index in [1.165, 1.54) is 17.7 Å². The number of nitrogens with one attached hydrogen (secondary N) is 1. The van der Waals surface area contributed by atoms with E-state index in [-0.39, 0.29) is 11.7 Å². The van der Waals surface area contributed by atoms with Crippen molar-refractivity contribution >= 4 is 5.91 Å². The summed E-state index contributed by atoms with van der Waals surface area (Å²) in [6, 6.07) is 18.1. The lowest BCUT2D eigenvalue weighted by molar-refractivity contribution is 0.0953. The van der Waals surface area contributed by atoms with Crippen LogP contribution in [0.15, 0.2) is 60.7 Å². The van der Waals surface area contributed by atoms with Crippen molar-refractivity contribution in [2.75, 3.05) is 6.54 Å². The minimum Gasteiger partial charge on any atom is -0.352 e. The maximum absolute atomic E-state index is 12.9. The monoisotopic (exact) mass is 348 g/mol. The Kier molecular flexibility index (Phi) is 5.42. The number of carbonyl (C=O) groups is 1. The number of aryl methyl sites for hydroxylation is 2. The van der Waals surface area contributed by atoms with E-state index >= 15 is 0 Å². The maximum atomic E-state index is 12.9. The van der Waals surface area contributed by atoms with Gasteiger partial charge in [-0.15, -0.1) is 0 Å². The van der Waals surface area contributed by atoms with Crippen molar-refractivity contribution in [2.24, 2.45) is 0 Å². The third kappa shape index (κ3) is 4.33. The van der Waals surface area contributed by atoms with Crippen LogP contribution < -0.4 is 5.32 Å². The van der Waals surface area contributed by atoms with Gasteiger partial charge < -0.3 is 5.32 Å². The maximum Gasteiger partial charge on any atom is 0.253 e. The molecule has 0 saturated heterocycles. The zero-order valence-electron chi connectivity index (χ0n) is 14.9. The fourth-order valence-corrected chi connectivity index (χ4v) is 2.75. The number of carbonyl (C=O) groups excluding carboxylic acids is 1. The Labute approximate surface area is 152 Å². The molecule has 0 aliphatic heterocycles. The lowest BCUT2D eigenvalue weighted by Gasteiger charge is -2.09. The molecule has 0 saturated carbocycles. The molecule has 0 aliphatic carbocycles. The highest BCUT2D eigenvalue weighted by molar-refractivity contribution is 5.95. The number of halogens is 1. The molecule has 132 valence electrons. The van der Waals surface area contributed by atoms with Crippen molar-refractivity contribution in [3.63, 3.8) is 0 Å². The number of pyridine rings is 1. The van der Waals surface area contributed by atoms with Gasteiger partial charge in [0.15, 0.2) is 0 Å². The Morgan fingerprint density at radius 1 is 0.962 bits per heavy atom. The highest BCUT2D eigenvalue weighted by atomic mass is 19.1. The number of amides is 1. The van der Waals surface area contributed by atoms with Crippen LogP contribution in [0, 0.1) is 19.7 Å². The zero-order valence-corrected chi connectivity index (χ0v) is 14.9. The zero-order chi connectivity index (χ0) is 18.5. The summed E-state index contributed by atoms with van der Waals surface area (Å²) in [5.74, 6) is -0.402. The summed E-state index contributed by atoms with van der Waals surface area (Å²) in [6.07, 6.45) is 0.653. The number of nitrogens with zero attached hydrogens (tertiary/aromatic N) is 1. The normalized spacial score (nSPS) is 10.6. The Bertz CT molecular complexity index is 902. The first kappa shape index (κ1) is 17.8. The van der Waals surface area contributed by atoms with E-state index in [1.54, 1.807) is 12.1 Å². The van der Waals surface area contributed by atoms with Gasteiger partial charge in [-0.25, -0.2) is 4.39 Å². The minimum atomic E-state index is -0.256. The van der Waals surface area contributed by atoms with Gasteiger partial charge in [-0.3, -0.25) is 9.78 Å². The molecule has 0 fully saturated rings. The Morgan fingerprint density at radius 2 is 1.65 bits per heavy atom. The van der Waals surface area contributed by atoms with Crippen molar-refractivity contribution in [1.29, 1.82) is 0 Å². The number of rotatable bonds is 5. The van der Waals surface area contributed by atoms with Gasteiger partial charge in [-0.05, 0) is 50.1 Å². The van der Waals surface area contributed by atoms with Crippen LogP contribution in [-0.2, 0) is 6.42 Å². The molecule has 1 amide bonds. The molecule has 4 heteroatoms. The summed E-state index contributed by atoms with van der Waals surface area (Å²) in [5.41, 5.74) is 5.33. The Hall–Kier alpha value is -3.01. The van der Waals surface area contributed by atoms with Gasteiger partial charge >= 0.3 is 0 Å². The third-order valence-electron chi connectivity index (χ3n) is 4.29. The molecule has 0 bridgehead atoms. The summed E-state index contributed by atoms with van der Waals surface area (Å²) in [5, 5.41) is 2.90. The van der Waals surface area contributed by atoms with Crippen molar-refractivity contribution < 1.29 is 9.18 Å². The van der Waals surface area contributed by atoms with E-state index in [0.29, 0.717) is 24.2 Å². The van der Waals surface area contributed by atoms with Crippen LogP contribution >= 0.6 is 0 Å². The van der Waals surface area contributed by atoms with Crippen LogP contribution in [0.2, 0.25) is 0 Å². The molecule has 0 unspecified atom stereocenters. The van der Waals surface area contributed by atoms with Crippen molar-refractivity contribution in [3.05, 3.63) is 88.9 Å². The molecule has 3 nitrogen and oxygen atoms in total. The van der Waals surface area contributed by atoms with Crippen LogP contribution in [-0.4, -0.2) is 17.4 Å². The van der Waals surface area contributed by atoms with Crippen molar-refractivity contribution in [3.8, 4) is 11.3 Å². The number of aromatic nitrogens is 1. The molecule has 0 aliphatic rings. The highest BCUT2D eigenvalue weighted by Crippen LogP contribution is 2.19. The van der Waals surface area contributed by atoms with E-state index < -0.39 is 0 Å². The topological polar surface area (TPSA) is 42.0 Å². The van der Waals surface area contributed by atoms with Crippen LogP contribution in [0.5, 0.6) is 0 Å². The number of hydrogen-bond donors (Lipinski definition) is 1. The average molecular weight is 348 g/mol. The van der Waals surface area contributed by atoms with Gasteiger partial charge in [0.1, 0.15) is 5.82 Å². The van der Waals surface area contributed by atoms with Crippen molar-refractivity contribution in [1.82, 2.24) is 10.3 Å². The summed E-state index contributed by atoms with van der Waals surface area (Å²) in [4.78, 5) is 17.0. The van der Waals surface area contributed by atoms with E-state index in [1.807, 2.05) is 50.2 Å². The lowest BCUT2D eigenvalue weighted by atomic mass is 10.1. The molecule has 2 aromatic carbocycles. The molecule has 1 N–H and O–H groups in total. The molecule has 3 rings (SSSR count). The Balaban J connectivity index is 1.64. The first-order valence-electron chi connectivity index (χ1n) is 8.60. The highest BCUT2D eigenvalue weighted by Gasteiger charge is 2.11. The first-order chi connectivity index (χ1) is 12.5. The van der Waals surface area contributed by atoms with E-state index in [4.69, 9.17) is 0 Å². The minimum absolute atomic E-state index is 0.146. The van der Waals surface area contributed by atoms with Crippen LogP contribution in [0.25, 0.3) is 11.3 Å². The standard InChI is InChI=1S/C22H21FN2O/c1-15-3-7-18(8-4-15)21-12-11-20(16(2)25-21)22(26)24-14-13-17-5-9-19(23)10-6-17/h3-12H,13-14H2,1-2H3,(H,24,26). The largest absolute Gasteiger partial charge is 0.352 e. The van der Waals surface area contributed by atoms with E-state index in [2.05, 4.69) is 10.3 Å². The third-order valence-corrected chi connectivity index (χ3v) is 4.29. The number of hydrogen-bond acceptors (Lipinski definition) is 2. The molecule has 0 atom stereocenters. The second-order valence-electron chi connectivity index (χ2n) is 6.33. The summed E-state index contributed by atoms with van der Waals surface area (Å²) in [7, 11) is 0. The van der Waals surface area contributed by atoms with Gasteiger partial charge in [-0.1, -0.05) is 42.0 Å². The van der Waals surface area contributed by atoms with Gasteiger partial charge in [0.05, 0.1) is 17.0 Å². The predicted octanol–water partition coefficient (Wildman–Crippen LogP) is 4.48. The fourth-order valence-electron chi connectivity index (χ4n) is 2.75. The number of benzene rings is 2. The van der Waals surface area contributed by atoms with Crippen LogP contribution in [0.4, 0.5) is 4.39 Å². The summed E-state index contributed by atoms with van der Waals surface area (Å²) >= 11 is 0. The average Bonchev–Trinajstić information content (AvgIpc) is 2.64. The molecule has 26 heavy (non-hydrogen) atoms. The van der Waals surface area contributed by atoms with Crippen LogP contribution in [0.3, 0.4) is 0 Å². The Morgan fingerprint density at radius 3 is 2.31 bits per heavy atom. The molecular weight excluding hydrogens is 327 g/mol. The van der Waals surface area contributed by atoms with Gasteiger partial charge in [0.25, 0.3) is 5.91 Å². The van der Waals surface area contributed by atoms with Crippen molar-refractivity contribution in [2.45, 2.75) is 20.3 Å². The van der Waals surface area contributed by atoms with Gasteiger partial charge in [-0.2, -0.15) is 0 Å². The SMILES string of the molecule is Cc1ccc(-c2ccc(C(=O)NCCc3ccc(F)cc3)c(C)n2)cc1. The second-order valence-corrected chi connectivity index (χ2v) is 6.33. The molecule has 1 heterocycles. The van der Waals surface area contributed by atoms with E-state index in [0.717, 1.165) is 16.8 Å². The molecule has 3 aromatic rings. The van der Waals surface area contributed by atoms with Gasteiger partial charge in [0.2, 0.25) is 0 Å². The fraction of sp³-hybridized carbons (Fsp3) is 0.182. The summed E-state index contributed by atoms with van der Waals surface area (Å²) < 4.78 is 12.9.